The summed E-state index contributed by atoms with van der Waals surface area (Å²) < 4.78 is 0. The van der Waals surface area contributed by atoms with Gasteiger partial charge >= 0.3 is 29.6 Å². The first-order valence-corrected chi connectivity index (χ1v) is 1.20. The summed E-state index contributed by atoms with van der Waals surface area (Å²) in [6, 6.07) is 0. The molecule has 0 radical (unpaired) electrons. The summed E-state index contributed by atoms with van der Waals surface area (Å²) >= 11 is 0. The first-order valence-electron chi connectivity index (χ1n) is 1.20. The summed E-state index contributed by atoms with van der Waals surface area (Å²) in [6.45, 7) is 3.06. The summed E-state index contributed by atoms with van der Waals surface area (Å²) in [4.78, 5) is 9.44. The van der Waals surface area contributed by atoms with Gasteiger partial charge in [-0.05, 0) is 13.8 Å². The van der Waals surface area contributed by atoms with Crippen molar-refractivity contribution in [3.05, 3.63) is 0 Å². The third-order valence-corrected chi connectivity index (χ3v) is 0. The van der Waals surface area contributed by atoms with E-state index >= 15 is 0 Å². The second-order valence-electron chi connectivity index (χ2n) is 0.908. The second kappa shape index (κ2) is 9.51. The van der Waals surface area contributed by atoms with Crippen molar-refractivity contribution in [1.29, 1.82) is 0 Å². The summed E-state index contributed by atoms with van der Waals surface area (Å²) in [5, 5.41) is 0. The van der Waals surface area contributed by atoms with E-state index in [9.17, 15) is 4.79 Å². The average Bonchev–Trinajstić information content (AvgIpc) is 0.811. The van der Waals surface area contributed by atoms with Crippen LogP contribution in [-0.4, -0.2) is 52.7 Å². The third-order valence-electron chi connectivity index (χ3n) is 0. The van der Waals surface area contributed by atoms with Crippen LogP contribution in [0.2, 0.25) is 0 Å². The Balaban J connectivity index is -0.0000000450. The number of ketones is 1. The van der Waals surface area contributed by atoms with E-state index in [0.717, 1.165) is 0 Å². The fourth-order valence-corrected chi connectivity index (χ4v) is 0. The van der Waals surface area contributed by atoms with E-state index in [1.54, 1.807) is 0 Å². The topological polar surface area (TPSA) is 17.1 Å². The first-order chi connectivity index (χ1) is 1.73. The van der Waals surface area contributed by atoms with E-state index in [1.165, 1.54) is 13.8 Å². The van der Waals surface area contributed by atoms with E-state index in [1.807, 2.05) is 0 Å². The number of carbonyl (C=O) groups is 1. The van der Waals surface area contributed by atoms with Gasteiger partial charge in [-0.3, -0.25) is 0 Å². The third kappa shape index (κ3) is 63.5. The quantitative estimate of drug-likeness (QED) is 0.358. The standard InChI is InChI=1S/C3H6O.Al.Na.4H/c1-3(2)4;;;;;;/h1-2H3;;;;;;. The molecule has 0 unspecified atom stereocenters. The summed E-state index contributed by atoms with van der Waals surface area (Å²) in [6.07, 6.45) is 0. The van der Waals surface area contributed by atoms with Crippen LogP contribution >= 0.6 is 0 Å². The number of hydrogen-bond donors (Lipinski definition) is 0. The Morgan fingerprint density at radius 3 is 1.33 bits per heavy atom. The van der Waals surface area contributed by atoms with Gasteiger partial charge < -0.3 is 4.79 Å². The van der Waals surface area contributed by atoms with Gasteiger partial charge in [-0.2, -0.15) is 0 Å². The molecule has 0 amide bonds. The van der Waals surface area contributed by atoms with Crippen LogP contribution in [0.3, 0.4) is 0 Å². The van der Waals surface area contributed by atoms with Crippen molar-refractivity contribution < 1.29 is 4.79 Å². The molecule has 0 aromatic heterocycles. The number of carbonyl (C=O) groups excluding carboxylic acids is 1. The van der Waals surface area contributed by atoms with Crippen LogP contribution in [-0.2, 0) is 4.79 Å². The van der Waals surface area contributed by atoms with E-state index in [2.05, 4.69) is 0 Å². The van der Waals surface area contributed by atoms with Crippen LogP contribution in [0.25, 0.3) is 0 Å². The monoisotopic (exact) mass is 112 g/mol. The van der Waals surface area contributed by atoms with E-state index in [4.69, 9.17) is 0 Å². The van der Waals surface area contributed by atoms with Crippen LogP contribution in [0.1, 0.15) is 13.8 Å². The van der Waals surface area contributed by atoms with E-state index in [0.29, 0.717) is 0 Å². The van der Waals surface area contributed by atoms with Crippen molar-refractivity contribution in [2.75, 3.05) is 0 Å². The van der Waals surface area contributed by atoms with Gasteiger partial charge in [0.05, 0.1) is 0 Å². The van der Waals surface area contributed by atoms with Crippen molar-refractivity contribution in [3.8, 4) is 0 Å². The van der Waals surface area contributed by atoms with Crippen LogP contribution in [0.4, 0.5) is 0 Å². The molecule has 0 bridgehead atoms. The molecule has 3 heteroatoms. The van der Waals surface area contributed by atoms with Crippen molar-refractivity contribution in [3.63, 3.8) is 0 Å². The fraction of sp³-hybridized carbons (Fsp3) is 0.667. The van der Waals surface area contributed by atoms with Gasteiger partial charge in [-0.15, -0.1) is 0 Å². The van der Waals surface area contributed by atoms with Crippen LogP contribution in [0.5, 0.6) is 0 Å². The molecule has 0 heterocycles. The Labute approximate surface area is 70.9 Å². The van der Waals surface area contributed by atoms with Gasteiger partial charge in [-0.1, -0.05) is 0 Å². The second-order valence-corrected chi connectivity index (χ2v) is 0.908. The SMILES string of the molecule is CC(C)=O.[AlH3].[NaH]. The zero-order valence-electron chi connectivity index (χ0n) is 2.91. The molecule has 0 saturated carbocycles. The molecule has 0 aliphatic rings. The molecule has 1 nitrogen and oxygen atoms in total. The minimum atomic E-state index is 0. The molecule has 0 atom stereocenters. The molecule has 0 aliphatic heterocycles. The zero-order valence-corrected chi connectivity index (χ0v) is 2.91. The predicted octanol–water partition coefficient (Wildman–Crippen LogP) is -1.24. The Morgan fingerprint density at radius 2 is 1.33 bits per heavy atom. The maximum absolute atomic E-state index is 9.44. The van der Waals surface area contributed by atoms with Crippen molar-refractivity contribution in [2.45, 2.75) is 13.8 Å². The van der Waals surface area contributed by atoms with E-state index in [-0.39, 0.29) is 52.7 Å². The zero-order chi connectivity index (χ0) is 3.58. The van der Waals surface area contributed by atoms with Crippen molar-refractivity contribution in [1.82, 2.24) is 0 Å². The number of rotatable bonds is 0. The maximum atomic E-state index is 9.44. The van der Waals surface area contributed by atoms with Gasteiger partial charge in [-0.25, -0.2) is 0 Å². The van der Waals surface area contributed by atoms with Gasteiger partial charge in [0.25, 0.3) is 0 Å². The summed E-state index contributed by atoms with van der Waals surface area (Å²) in [5.41, 5.74) is 0. The molecule has 32 valence electrons. The Hall–Kier alpha value is 1.20. The molecule has 0 N–H and O–H groups in total. The first kappa shape index (κ1) is 15.7. The van der Waals surface area contributed by atoms with E-state index < -0.39 is 0 Å². The normalized spacial score (nSPS) is 4.33. The van der Waals surface area contributed by atoms with Gasteiger partial charge in [0.2, 0.25) is 0 Å². The molecular weight excluding hydrogens is 102 g/mol. The van der Waals surface area contributed by atoms with Crippen LogP contribution in [0, 0.1) is 0 Å². The van der Waals surface area contributed by atoms with Gasteiger partial charge in [0.15, 0.2) is 17.4 Å². The summed E-state index contributed by atoms with van der Waals surface area (Å²) in [7, 11) is 0. The molecular formula is C3H10AlNaO. The molecule has 6 heavy (non-hydrogen) atoms. The fourth-order valence-electron chi connectivity index (χ4n) is 0. The molecule has 0 spiro atoms. The predicted molar refractivity (Wildman–Crippen MR) is 33.4 cm³/mol. The Bertz CT molecular complexity index is 33.8. The van der Waals surface area contributed by atoms with Crippen molar-refractivity contribution >= 4 is 52.7 Å². The van der Waals surface area contributed by atoms with Gasteiger partial charge in [0.1, 0.15) is 5.78 Å². The van der Waals surface area contributed by atoms with Crippen LogP contribution < -0.4 is 0 Å². The molecule has 0 fully saturated rings. The Kier molecular flexibility index (Phi) is 24.9. The molecule has 0 saturated heterocycles. The molecule has 0 aliphatic carbocycles. The minimum absolute atomic E-state index is 0. The number of hydrogen-bond acceptors (Lipinski definition) is 1. The summed E-state index contributed by atoms with van der Waals surface area (Å²) in [5.74, 6) is 0.167. The molecule has 0 rings (SSSR count). The van der Waals surface area contributed by atoms with Gasteiger partial charge in [0, 0.05) is 0 Å². The molecule has 0 aromatic carbocycles. The van der Waals surface area contributed by atoms with Crippen LogP contribution in [0.15, 0.2) is 0 Å². The average molecular weight is 112 g/mol. The van der Waals surface area contributed by atoms with Crippen molar-refractivity contribution in [2.24, 2.45) is 0 Å². The Morgan fingerprint density at radius 1 is 1.33 bits per heavy atom. The number of Topliss-reactive ketones (excluding diaryl/α,β-unsaturated/α-hetero) is 1. The molecule has 0 aromatic rings.